The molecule has 0 radical (unpaired) electrons. The van der Waals surface area contributed by atoms with Gasteiger partial charge in [0.15, 0.2) is 6.23 Å². The second-order valence-electron chi connectivity index (χ2n) is 4.48. The summed E-state index contributed by atoms with van der Waals surface area (Å²) in [6.07, 6.45) is 2.46. The van der Waals surface area contributed by atoms with E-state index in [1.165, 1.54) is 18.3 Å². The first-order valence-electron chi connectivity index (χ1n) is 6.31. The highest BCUT2D eigenvalue weighted by atomic mass is 16.6. The Morgan fingerprint density at radius 2 is 2.15 bits per heavy atom. The number of rotatable bonds is 5. The Hall–Kier alpha value is -2.44. The van der Waals surface area contributed by atoms with Crippen LogP contribution in [0, 0.1) is 10.1 Å². The lowest BCUT2D eigenvalue weighted by Gasteiger charge is -2.21. The molecule has 20 heavy (non-hydrogen) atoms. The Balaban J connectivity index is 1.89. The van der Waals surface area contributed by atoms with Crippen LogP contribution >= 0.6 is 0 Å². The lowest BCUT2D eigenvalue weighted by atomic mass is 10.2. The van der Waals surface area contributed by atoms with E-state index in [0.29, 0.717) is 18.5 Å². The molecule has 0 saturated carbocycles. The molecule has 1 saturated heterocycles. The van der Waals surface area contributed by atoms with Gasteiger partial charge in [0.1, 0.15) is 0 Å². The minimum absolute atomic E-state index is 0.0269. The van der Waals surface area contributed by atoms with Crippen molar-refractivity contribution >= 4 is 17.8 Å². The number of oxime groups is 1. The highest BCUT2D eigenvalue weighted by Gasteiger charge is 2.25. The standard InChI is InChI=1S/C13H15N3O4/c1-10(15-8-2-3-13(15)17)20-14-9-11-4-6-12(7-5-11)16(18)19/h4-7,9-10H,2-3,8H2,1H3/b14-9+. The zero-order chi connectivity index (χ0) is 14.5. The normalized spacial score (nSPS) is 16.6. The minimum Gasteiger partial charge on any atom is -0.371 e. The maximum absolute atomic E-state index is 11.5. The van der Waals surface area contributed by atoms with Gasteiger partial charge in [-0.05, 0) is 31.0 Å². The van der Waals surface area contributed by atoms with Crippen LogP contribution < -0.4 is 0 Å². The van der Waals surface area contributed by atoms with Crippen molar-refractivity contribution < 1.29 is 14.6 Å². The van der Waals surface area contributed by atoms with E-state index < -0.39 is 11.2 Å². The van der Waals surface area contributed by atoms with Crippen LogP contribution in [0.4, 0.5) is 5.69 Å². The molecule has 0 N–H and O–H groups in total. The average molecular weight is 277 g/mol. The van der Waals surface area contributed by atoms with E-state index >= 15 is 0 Å². The smallest absolute Gasteiger partial charge is 0.269 e. The SMILES string of the molecule is CC(O/N=C/c1ccc([N+](=O)[O-])cc1)N1CCCC1=O. The number of likely N-dealkylation sites (tertiary alicyclic amines) is 1. The number of hydrogen-bond donors (Lipinski definition) is 0. The molecule has 106 valence electrons. The maximum Gasteiger partial charge on any atom is 0.269 e. The fourth-order valence-electron chi connectivity index (χ4n) is 1.97. The number of amides is 1. The van der Waals surface area contributed by atoms with Crippen LogP contribution in [-0.4, -0.2) is 34.7 Å². The van der Waals surface area contributed by atoms with Crippen LogP contribution in [0.5, 0.6) is 0 Å². The molecule has 0 aromatic heterocycles. The molecule has 1 fully saturated rings. The van der Waals surface area contributed by atoms with Gasteiger partial charge in [-0.25, -0.2) is 0 Å². The molecule has 0 bridgehead atoms. The Labute approximate surface area is 116 Å². The number of nitrogens with zero attached hydrogens (tertiary/aromatic N) is 3. The summed E-state index contributed by atoms with van der Waals surface area (Å²) in [6, 6.07) is 5.96. The van der Waals surface area contributed by atoms with Gasteiger partial charge in [-0.2, -0.15) is 0 Å². The average Bonchev–Trinajstić information content (AvgIpc) is 2.85. The zero-order valence-corrected chi connectivity index (χ0v) is 11.1. The van der Waals surface area contributed by atoms with Crippen LogP contribution in [0.25, 0.3) is 0 Å². The van der Waals surface area contributed by atoms with Crippen LogP contribution in [0.3, 0.4) is 0 Å². The predicted molar refractivity (Wildman–Crippen MR) is 72.2 cm³/mol. The zero-order valence-electron chi connectivity index (χ0n) is 11.1. The third-order valence-electron chi connectivity index (χ3n) is 3.07. The summed E-state index contributed by atoms with van der Waals surface area (Å²) in [5, 5.41) is 14.3. The lowest BCUT2D eigenvalue weighted by molar-refractivity contribution is -0.384. The first-order valence-corrected chi connectivity index (χ1v) is 6.31. The Bertz CT molecular complexity index is 527. The van der Waals surface area contributed by atoms with Crippen molar-refractivity contribution in [1.29, 1.82) is 0 Å². The maximum atomic E-state index is 11.5. The van der Waals surface area contributed by atoms with Gasteiger partial charge in [0, 0.05) is 25.1 Å². The first-order chi connectivity index (χ1) is 9.58. The Kier molecular flexibility index (Phi) is 4.29. The van der Waals surface area contributed by atoms with E-state index in [1.54, 1.807) is 24.0 Å². The quantitative estimate of drug-likeness (QED) is 0.467. The molecule has 7 heteroatoms. The van der Waals surface area contributed by atoms with E-state index in [9.17, 15) is 14.9 Å². The molecule has 1 amide bonds. The van der Waals surface area contributed by atoms with Gasteiger partial charge in [0.25, 0.3) is 5.69 Å². The van der Waals surface area contributed by atoms with E-state index in [2.05, 4.69) is 5.16 Å². The predicted octanol–water partition coefficient (Wildman–Crippen LogP) is 1.91. The monoisotopic (exact) mass is 277 g/mol. The minimum atomic E-state index is -0.460. The second kappa shape index (κ2) is 6.14. The molecule has 1 aliphatic heterocycles. The number of nitro benzene ring substituents is 1. The molecule has 1 aromatic carbocycles. The molecule has 1 atom stereocenters. The van der Waals surface area contributed by atoms with E-state index in [4.69, 9.17) is 4.84 Å². The number of hydrogen-bond acceptors (Lipinski definition) is 5. The van der Waals surface area contributed by atoms with E-state index in [0.717, 1.165) is 6.42 Å². The topological polar surface area (TPSA) is 85.0 Å². The van der Waals surface area contributed by atoms with E-state index in [-0.39, 0.29) is 11.6 Å². The Morgan fingerprint density at radius 1 is 1.45 bits per heavy atom. The molecule has 2 rings (SSSR count). The van der Waals surface area contributed by atoms with Crippen molar-refractivity contribution in [2.24, 2.45) is 5.16 Å². The molecular formula is C13H15N3O4. The summed E-state index contributed by atoms with van der Waals surface area (Å²) < 4.78 is 0. The molecule has 7 nitrogen and oxygen atoms in total. The summed E-state index contributed by atoms with van der Waals surface area (Å²) >= 11 is 0. The van der Waals surface area contributed by atoms with Crippen LogP contribution in [0.2, 0.25) is 0 Å². The molecule has 1 aliphatic rings. The number of benzene rings is 1. The molecule has 1 aromatic rings. The number of carbonyl (C=O) groups excluding carboxylic acids is 1. The number of nitro groups is 1. The molecular weight excluding hydrogens is 262 g/mol. The van der Waals surface area contributed by atoms with Gasteiger partial charge >= 0.3 is 0 Å². The molecule has 1 unspecified atom stereocenters. The van der Waals surface area contributed by atoms with Gasteiger partial charge in [0.2, 0.25) is 5.91 Å². The largest absolute Gasteiger partial charge is 0.371 e. The van der Waals surface area contributed by atoms with Gasteiger partial charge in [-0.3, -0.25) is 14.9 Å². The van der Waals surface area contributed by atoms with Crippen LogP contribution in [0.15, 0.2) is 29.4 Å². The van der Waals surface area contributed by atoms with Crippen molar-refractivity contribution in [3.8, 4) is 0 Å². The van der Waals surface area contributed by atoms with Crippen molar-refractivity contribution in [2.45, 2.75) is 26.0 Å². The van der Waals surface area contributed by atoms with Crippen LogP contribution in [-0.2, 0) is 9.63 Å². The fraction of sp³-hybridized carbons (Fsp3) is 0.385. The summed E-state index contributed by atoms with van der Waals surface area (Å²) in [5.41, 5.74) is 0.717. The van der Waals surface area contributed by atoms with Gasteiger partial charge < -0.3 is 9.74 Å². The van der Waals surface area contributed by atoms with Crippen LogP contribution in [0.1, 0.15) is 25.3 Å². The number of carbonyl (C=O) groups is 1. The summed E-state index contributed by atoms with van der Waals surface area (Å²) in [7, 11) is 0. The summed E-state index contributed by atoms with van der Waals surface area (Å²) in [5.74, 6) is 0.0723. The van der Waals surface area contributed by atoms with E-state index in [1.807, 2.05) is 0 Å². The third-order valence-corrected chi connectivity index (χ3v) is 3.07. The van der Waals surface area contributed by atoms with Crippen molar-refractivity contribution in [1.82, 2.24) is 4.90 Å². The molecule has 0 spiro atoms. The second-order valence-corrected chi connectivity index (χ2v) is 4.48. The third kappa shape index (κ3) is 3.31. The summed E-state index contributed by atoms with van der Waals surface area (Å²) in [6.45, 7) is 2.45. The van der Waals surface area contributed by atoms with Crippen molar-refractivity contribution in [3.05, 3.63) is 39.9 Å². The highest BCUT2D eigenvalue weighted by molar-refractivity contribution is 5.79. The van der Waals surface area contributed by atoms with Crippen molar-refractivity contribution in [3.63, 3.8) is 0 Å². The van der Waals surface area contributed by atoms with Gasteiger partial charge in [-0.15, -0.1) is 0 Å². The number of non-ortho nitro benzene ring substituents is 1. The first kappa shape index (κ1) is 14.0. The molecule has 1 heterocycles. The highest BCUT2D eigenvalue weighted by Crippen LogP contribution is 2.14. The molecule has 0 aliphatic carbocycles. The van der Waals surface area contributed by atoms with Gasteiger partial charge in [0.05, 0.1) is 11.1 Å². The van der Waals surface area contributed by atoms with Crippen molar-refractivity contribution in [2.75, 3.05) is 6.54 Å². The van der Waals surface area contributed by atoms with Gasteiger partial charge in [-0.1, -0.05) is 5.16 Å². The lowest BCUT2D eigenvalue weighted by Crippen LogP contribution is -2.34. The fourth-order valence-corrected chi connectivity index (χ4v) is 1.97. The summed E-state index contributed by atoms with van der Waals surface area (Å²) in [4.78, 5) is 28.4. The Morgan fingerprint density at radius 3 is 2.70 bits per heavy atom.